The largest absolute Gasteiger partial charge is 0.427 e. The highest BCUT2D eigenvalue weighted by Crippen LogP contribution is 2.25. The van der Waals surface area contributed by atoms with Crippen LogP contribution in [0.1, 0.15) is 41.4 Å². The number of nitrogens with one attached hydrogen (secondary N) is 2. The number of nitrogens with zero attached hydrogens (tertiary/aromatic N) is 5. The first-order valence-electron chi connectivity index (χ1n) is 11.8. The van der Waals surface area contributed by atoms with Crippen LogP contribution in [0.3, 0.4) is 0 Å². The number of aromatic nitrogens is 4. The molecule has 4 heterocycles. The molecule has 190 valence electrons. The molecule has 10 nitrogen and oxygen atoms in total. The highest BCUT2D eigenvalue weighted by Gasteiger charge is 2.26. The second kappa shape index (κ2) is 10.8. The fourth-order valence-corrected chi connectivity index (χ4v) is 4.44. The van der Waals surface area contributed by atoms with Crippen molar-refractivity contribution in [2.75, 3.05) is 25.1 Å². The van der Waals surface area contributed by atoms with E-state index in [9.17, 15) is 9.18 Å². The number of fused-ring (bicyclic) bond motifs is 1. The Morgan fingerprint density at radius 2 is 2.14 bits per heavy atom. The van der Waals surface area contributed by atoms with Gasteiger partial charge in [0.05, 0.1) is 23.0 Å². The third-order valence-corrected chi connectivity index (χ3v) is 6.55. The predicted octanol–water partition coefficient (Wildman–Crippen LogP) is 3.38. The summed E-state index contributed by atoms with van der Waals surface area (Å²) in [5, 5.41) is 12.1. The van der Waals surface area contributed by atoms with Gasteiger partial charge in [0, 0.05) is 45.2 Å². The highest BCUT2D eigenvalue weighted by molar-refractivity contribution is 6.30. The summed E-state index contributed by atoms with van der Waals surface area (Å²) in [6, 6.07) is 5.68. The Balaban J connectivity index is 1.25. The van der Waals surface area contributed by atoms with E-state index in [-0.39, 0.29) is 11.1 Å². The summed E-state index contributed by atoms with van der Waals surface area (Å²) in [5.41, 5.74) is 2.86. The van der Waals surface area contributed by atoms with Crippen molar-refractivity contribution in [2.45, 2.75) is 37.9 Å². The van der Waals surface area contributed by atoms with Crippen molar-refractivity contribution in [3.8, 4) is 0 Å². The Kier molecular flexibility index (Phi) is 7.30. The van der Waals surface area contributed by atoms with Gasteiger partial charge in [-0.25, -0.2) is 19.2 Å². The first-order valence-corrected chi connectivity index (χ1v) is 12.2. The first-order chi connectivity index (χ1) is 17.4. The van der Waals surface area contributed by atoms with Crippen LogP contribution in [0.4, 0.5) is 15.1 Å². The molecule has 0 spiro atoms. The molecule has 0 unspecified atom stereocenters. The Hall–Kier alpha value is -3.28. The lowest BCUT2D eigenvalue weighted by atomic mass is 10.0. The molecule has 36 heavy (non-hydrogen) atoms. The number of hydrogen-bond acceptors (Lipinski definition) is 8. The quantitative estimate of drug-likeness (QED) is 0.514. The molecule has 0 bridgehead atoms. The zero-order chi connectivity index (χ0) is 25.1. The van der Waals surface area contributed by atoms with Gasteiger partial charge in [-0.3, -0.25) is 4.68 Å². The number of amides is 1. The molecule has 1 saturated heterocycles. The number of halogens is 2. The molecule has 0 aliphatic carbocycles. The number of carbonyl (C=O) groups is 1. The molecule has 0 saturated carbocycles. The molecule has 3 aromatic rings. The van der Waals surface area contributed by atoms with E-state index >= 15 is 0 Å². The molecular formula is C24H27ClFN7O3. The monoisotopic (exact) mass is 515 g/mol. The van der Waals surface area contributed by atoms with Gasteiger partial charge < -0.3 is 20.2 Å². The van der Waals surface area contributed by atoms with E-state index in [1.165, 1.54) is 12.1 Å². The Bertz CT molecular complexity index is 1230. The molecule has 2 aliphatic heterocycles. The van der Waals surface area contributed by atoms with E-state index in [0.717, 1.165) is 37.3 Å². The lowest BCUT2D eigenvalue weighted by molar-refractivity contribution is -0.112. The van der Waals surface area contributed by atoms with Crippen LogP contribution in [0.5, 0.6) is 0 Å². The van der Waals surface area contributed by atoms with Crippen molar-refractivity contribution in [3.05, 3.63) is 70.0 Å². The number of carbonyl (C=O) groups excluding carboxylic acids is 1. The van der Waals surface area contributed by atoms with Crippen molar-refractivity contribution >= 4 is 23.6 Å². The minimum Gasteiger partial charge on any atom is -0.381 e. The summed E-state index contributed by atoms with van der Waals surface area (Å²) < 4.78 is 21.2. The summed E-state index contributed by atoms with van der Waals surface area (Å²) in [5.74, 6) is -0.0188. The molecule has 2 aliphatic rings. The topological polar surface area (TPSA) is 106 Å². The Labute approximate surface area is 212 Å². The second-order valence-corrected chi connectivity index (χ2v) is 9.26. The number of hydrogen-bond donors (Lipinski definition) is 2. The van der Waals surface area contributed by atoms with Gasteiger partial charge in [-0.05, 0) is 48.6 Å². The molecule has 1 fully saturated rings. The van der Waals surface area contributed by atoms with Crippen molar-refractivity contribution < 1.29 is 18.8 Å². The van der Waals surface area contributed by atoms with E-state index in [2.05, 4.69) is 25.7 Å². The number of rotatable bonds is 6. The van der Waals surface area contributed by atoms with E-state index in [1.54, 1.807) is 35.1 Å². The van der Waals surface area contributed by atoms with Crippen LogP contribution in [0.25, 0.3) is 0 Å². The SMILES string of the molecule is Cn1ccc([C@H](NC(=O)ON2CCc3cnc(NC4CCOCC4)nc3C2)c2ccc(Cl)c(F)c2)n1. The van der Waals surface area contributed by atoms with Crippen molar-refractivity contribution in [3.63, 3.8) is 0 Å². The lowest BCUT2D eigenvalue weighted by Crippen LogP contribution is -2.39. The molecule has 2 aromatic heterocycles. The van der Waals surface area contributed by atoms with Gasteiger partial charge in [0.1, 0.15) is 11.9 Å². The zero-order valence-corrected chi connectivity index (χ0v) is 20.5. The van der Waals surface area contributed by atoms with Crippen LogP contribution in [0.15, 0.2) is 36.7 Å². The van der Waals surface area contributed by atoms with Gasteiger partial charge in [0.15, 0.2) is 0 Å². The molecule has 12 heteroatoms. The molecule has 2 N–H and O–H groups in total. The van der Waals surface area contributed by atoms with Crippen LogP contribution in [-0.2, 0) is 29.6 Å². The summed E-state index contributed by atoms with van der Waals surface area (Å²) >= 11 is 5.84. The highest BCUT2D eigenvalue weighted by atomic mass is 35.5. The summed E-state index contributed by atoms with van der Waals surface area (Å²) in [4.78, 5) is 27.6. The summed E-state index contributed by atoms with van der Waals surface area (Å²) in [7, 11) is 1.76. The molecular weight excluding hydrogens is 489 g/mol. The van der Waals surface area contributed by atoms with Crippen LogP contribution < -0.4 is 10.6 Å². The lowest BCUT2D eigenvalue weighted by Gasteiger charge is -2.28. The maximum absolute atomic E-state index is 14.2. The van der Waals surface area contributed by atoms with E-state index in [0.29, 0.717) is 36.7 Å². The van der Waals surface area contributed by atoms with Gasteiger partial charge in [0.2, 0.25) is 5.95 Å². The number of aryl methyl sites for hydroxylation is 1. The van der Waals surface area contributed by atoms with Gasteiger partial charge in [-0.1, -0.05) is 17.7 Å². The first kappa shape index (κ1) is 24.4. The Morgan fingerprint density at radius 1 is 1.31 bits per heavy atom. The smallest absolute Gasteiger partial charge is 0.381 e. The molecule has 0 radical (unpaired) electrons. The third-order valence-electron chi connectivity index (χ3n) is 6.25. The number of ether oxygens (including phenoxy) is 1. The maximum atomic E-state index is 14.2. The van der Waals surface area contributed by atoms with Crippen LogP contribution >= 0.6 is 11.6 Å². The average Bonchev–Trinajstić information content (AvgIpc) is 3.30. The van der Waals surface area contributed by atoms with Crippen LogP contribution in [-0.4, -0.2) is 56.7 Å². The van der Waals surface area contributed by atoms with Gasteiger partial charge in [0.25, 0.3) is 0 Å². The number of anilines is 1. The van der Waals surface area contributed by atoms with Gasteiger partial charge in [-0.15, -0.1) is 5.06 Å². The van der Waals surface area contributed by atoms with Crippen molar-refractivity contribution in [2.24, 2.45) is 7.05 Å². The molecule has 1 amide bonds. The van der Waals surface area contributed by atoms with Gasteiger partial charge >= 0.3 is 6.09 Å². The van der Waals surface area contributed by atoms with Crippen LogP contribution in [0.2, 0.25) is 5.02 Å². The average molecular weight is 516 g/mol. The van der Waals surface area contributed by atoms with Gasteiger partial charge in [-0.2, -0.15) is 5.10 Å². The molecule has 5 rings (SSSR count). The zero-order valence-electron chi connectivity index (χ0n) is 19.8. The van der Waals surface area contributed by atoms with Crippen LogP contribution in [0, 0.1) is 5.82 Å². The maximum Gasteiger partial charge on any atom is 0.427 e. The third kappa shape index (κ3) is 5.75. The van der Waals surface area contributed by atoms with Crippen molar-refractivity contribution in [1.29, 1.82) is 0 Å². The second-order valence-electron chi connectivity index (χ2n) is 8.85. The number of hydroxylamine groups is 2. The van der Waals surface area contributed by atoms with E-state index < -0.39 is 18.0 Å². The Morgan fingerprint density at radius 3 is 2.89 bits per heavy atom. The molecule has 1 atom stereocenters. The predicted molar refractivity (Wildman–Crippen MR) is 130 cm³/mol. The minimum atomic E-state index is -0.722. The summed E-state index contributed by atoms with van der Waals surface area (Å²) in [6.07, 6.45) is 5.35. The number of benzene rings is 1. The minimum absolute atomic E-state index is 0.000693. The normalized spacial score (nSPS) is 17.3. The van der Waals surface area contributed by atoms with Crippen molar-refractivity contribution in [1.82, 2.24) is 30.1 Å². The standard InChI is InChI=1S/C24H27ClFN7O3/c1-32-8-5-20(31-32)22(15-2-3-18(25)19(26)12-15)30-24(34)36-33-9-4-16-13-27-23(29-21(16)14-33)28-17-6-10-35-11-7-17/h2-3,5,8,12-13,17,22H,4,6-7,9-11,14H2,1H3,(H,30,34)(H,27,28,29)/t22-/m1/s1. The summed E-state index contributed by atoms with van der Waals surface area (Å²) in [6.45, 7) is 2.28. The fourth-order valence-electron chi connectivity index (χ4n) is 4.32. The fraction of sp³-hybridized carbons (Fsp3) is 0.417. The van der Waals surface area contributed by atoms with E-state index in [1.807, 2.05) is 6.20 Å². The molecule has 1 aromatic carbocycles. The van der Waals surface area contributed by atoms with E-state index in [4.69, 9.17) is 21.2 Å².